The topological polar surface area (TPSA) is 95.3 Å². The van der Waals surface area contributed by atoms with Crippen LogP contribution in [0.1, 0.15) is 47.1 Å². The van der Waals surface area contributed by atoms with Crippen LogP contribution in [0.15, 0.2) is 40.8 Å². The van der Waals surface area contributed by atoms with Crippen LogP contribution in [0.5, 0.6) is 0 Å². The number of benzene rings is 2. The fraction of sp³-hybridized carbons (Fsp3) is 0.400. The smallest absolute Gasteiger partial charge is 0.424 e. The van der Waals surface area contributed by atoms with E-state index in [1.807, 2.05) is 6.07 Å². The third-order valence-corrected chi connectivity index (χ3v) is 4.51. The van der Waals surface area contributed by atoms with Crippen molar-refractivity contribution in [2.45, 2.75) is 59.2 Å². The Bertz CT molecular complexity index is 1180. The number of nitrogens with zero attached hydrogens (tertiary/aromatic N) is 1. The van der Waals surface area contributed by atoms with Gasteiger partial charge in [0.1, 0.15) is 22.4 Å². The molecular weight excluding hydrogens is 426 g/mol. The molecule has 0 fully saturated rings. The largest absolute Gasteiger partial charge is 0.469 e. The zero-order valence-electron chi connectivity index (χ0n) is 20.0. The predicted octanol–water partition coefficient (Wildman–Crippen LogP) is 5.98. The summed E-state index contributed by atoms with van der Waals surface area (Å²) in [7, 11) is 1.34. The van der Waals surface area contributed by atoms with Crippen molar-refractivity contribution in [2.75, 3.05) is 12.0 Å². The molecule has 0 N–H and O–H groups in total. The maximum atomic E-state index is 12.9. The van der Waals surface area contributed by atoms with Gasteiger partial charge in [0.05, 0.1) is 19.2 Å². The van der Waals surface area contributed by atoms with Gasteiger partial charge in [0.25, 0.3) is 0 Å². The minimum absolute atomic E-state index is 0.141. The lowest BCUT2D eigenvalue weighted by Crippen LogP contribution is -2.43. The van der Waals surface area contributed by atoms with Crippen LogP contribution >= 0.6 is 0 Å². The molecule has 0 bridgehead atoms. The molecule has 2 amide bonds. The maximum absolute atomic E-state index is 12.9. The van der Waals surface area contributed by atoms with E-state index in [0.717, 1.165) is 21.2 Å². The van der Waals surface area contributed by atoms with Crippen molar-refractivity contribution in [3.63, 3.8) is 0 Å². The molecule has 0 saturated carbocycles. The lowest BCUT2D eigenvalue weighted by atomic mass is 10.1. The zero-order chi connectivity index (χ0) is 24.6. The summed E-state index contributed by atoms with van der Waals surface area (Å²) in [6, 6.07) is 10.4. The Morgan fingerprint density at radius 3 is 1.97 bits per heavy atom. The van der Waals surface area contributed by atoms with Gasteiger partial charge in [0, 0.05) is 16.8 Å². The summed E-state index contributed by atoms with van der Waals surface area (Å²) in [6.45, 7) is 10.3. The van der Waals surface area contributed by atoms with Crippen molar-refractivity contribution in [1.82, 2.24) is 0 Å². The summed E-state index contributed by atoms with van der Waals surface area (Å²) >= 11 is 0. The van der Waals surface area contributed by atoms with Crippen LogP contribution < -0.4 is 4.90 Å². The van der Waals surface area contributed by atoms with Gasteiger partial charge < -0.3 is 18.6 Å². The summed E-state index contributed by atoms with van der Waals surface area (Å²) in [5.41, 5.74) is 0.491. The van der Waals surface area contributed by atoms with Crippen LogP contribution in [-0.4, -0.2) is 36.5 Å². The first-order valence-electron chi connectivity index (χ1n) is 10.6. The molecule has 0 radical (unpaired) electrons. The predicted molar refractivity (Wildman–Crippen MR) is 124 cm³/mol. The monoisotopic (exact) mass is 455 g/mol. The average molecular weight is 456 g/mol. The number of rotatable bonds is 3. The quantitative estimate of drug-likeness (QED) is 0.354. The molecule has 176 valence electrons. The van der Waals surface area contributed by atoms with Gasteiger partial charge in [-0.25, -0.2) is 9.59 Å². The first-order valence-corrected chi connectivity index (χ1v) is 10.6. The first-order chi connectivity index (χ1) is 15.3. The Kier molecular flexibility index (Phi) is 6.40. The SMILES string of the molecule is COC(=O)Cc1ccc2oc3cc(N(C(=O)OC(C)(C)C)C(=O)OC(C)(C)C)ccc3c2c1. The average Bonchev–Trinajstić information content (AvgIpc) is 3.02. The number of carbonyl (C=O) groups is 3. The number of amides is 2. The lowest BCUT2D eigenvalue weighted by molar-refractivity contribution is -0.139. The number of ether oxygens (including phenoxy) is 3. The standard InChI is InChI=1S/C25H29NO7/c1-24(2,3)32-22(28)26(23(29)33-25(4,5)6)16-9-10-17-18-12-15(13-21(27)30-7)8-11-19(18)31-20(17)14-16/h8-12,14H,13H2,1-7H3. The van der Waals surface area contributed by atoms with E-state index >= 15 is 0 Å². The molecule has 0 saturated heterocycles. The molecule has 0 aliphatic heterocycles. The Labute approximate surface area is 192 Å². The fourth-order valence-corrected chi connectivity index (χ4v) is 3.20. The summed E-state index contributed by atoms with van der Waals surface area (Å²) < 4.78 is 21.6. The van der Waals surface area contributed by atoms with Gasteiger partial charge in [-0.2, -0.15) is 4.90 Å². The minimum atomic E-state index is -0.854. The minimum Gasteiger partial charge on any atom is -0.469 e. The Balaban J connectivity index is 2.05. The van der Waals surface area contributed by atoms with Crippen LogP contribution in [-0.2, 0) is 25.4 Å². The third-order valence-electron chi connectivity index (χ3n) is 4.51. The number of fused-ring (bicyclic) bond motifs is 3. The first kappa shape index (κ1) is 24.1. The van der Waals surface area contributed by atoms with Gasteiger partial charge in [0.15, 0.2) is 0 Å². The van der Waals surface area contributed by atoms with Crippen molar-refractivity contribution >= 4 is 45.8 Å². The van der Waals surface area contributed by atoms with E-state index in [1.165, 1.54) is 7.11 Å². The molecule has 2 aromatic carbocycles. The Morgan fingerprint density at radius 2 is 1.42 bits per heavy atom. The van der Waals surface area contributed by atoms with Crippen molar-refractivity contribution < 1.29 is 33.0 Å². The summed E-state index contributed by atoms with van der Waals surface area (Å²) in [5.74, 6) is -0.338. The molecule has 1 heterocycles. The molecule has 3 rings (SSSR count). The van der Waals surface area contributed by atoms with Gasteiger partial charge in [0.2, 0.25) is 0 Å². The van der Waals surface area contributed by atoms with Gasteiger partial charge in [-0.3, -0.25) is 4.79 Å². The number of furan rings is 1. The van der Waals surface area contributed by atoms with Crippen LogP contribution in [0.2, 0.25) is 0 Å². The summed E-state index contributed by atoms with van der Waals surface area (Å²) in [4.78, 5) is 38.3. The van der Waals surface area contributed by atoms with Crippen molar-refractivity contribution in [2.24, 2.45) is 0 Å². The van der Waals surface area contributed by atoms with Gasteiger partial charge >= 0.3 is 18.2 Å². The second kappa shape index (κ2) is 8.77. The molecular formula is C25H29NO7. The van der Waals surface area contributed by atoms with E-state index in [4.69, 9.17) is 18.6 Å². The number of methoxy groups -OCH3 is 1. The van der Waals surface area contributed by atoms with E-state index in [2.05, 4.69) is 0 Å². The second-order valence-electron chi connectivity index (χ2n) is 9.66. The van der Waals surface area contributed by atoms with Crippen molar-refractivity contribution in [3.05, 3.63) is 42.0 Å². The molecule has 1 aromatic heterocycles. The molecule has 8 heteroatoms. The van der Waals surface area contributed by atoms with Crippen LogP contribution in [0.4, 0.5) is 15.3 Å². The highest BCUT2D eigenvalue weighted by molar-refractivity contribution is 6.12. The van der Waals surface area contributed by atoms with Crippen molar-refractivity contribution in [3.8, 4) is 0 Å². The molecule has 33 heavy (non-hydrogen) atoms. The number of anilines is 1. The van der Waals surface area contributed by atoms with Crippen LogP contribution in [0.3, 0.4) is 0 Å². The third kappa shape index (κ3) is 5.83. The zero-order valence-corrected chi connectivity index (χ0v) is 20.0. The highest BCUT2D eigenvalue weighted by atomic mass is 16.6. The number of imide groups is 1. The Morgan fingerprint density at radius 1 is 0.818 bits per heavy atom. The van der Waals surface area contributed by atoms with E-state index in [-0.39, 0.29) is 18.1 Å². The van der Waals surface area contributed by atoms with Gasteiger partial charge in [-0.15, -0.1) is 0 Å². The highest BCUT2D eigenvalue weighted by Gasteiger charge is 2.33. The number of hydrogen-bond acceptors (Lipinski definition) is 7. The number of hydrogen-bond donors (Lipinski definition) is 0. The normalized spacial score (nSPS) is 12.0. The lowest BCUT2D eigenvalue weighted by Gasteiger charge is -2.28. The number of carbonyl (C=O) groups excluding carboxylic acids is 3. The molecule has 0 aliphatic rings. The van der Waals surface area contributed by atoms with Crippen LogP contribution in [0.25, 0.3) is 21.9 Å². The molecule has 0 atom stereocenters. The van der Waals surface area contributed by atoms with Crippen LogP contribution in [0, 0.1) is 0 Å². The van der Waals surface area contributed by atoms with E-state index in [9.17, 15) is 14.4 Å². The molecule has 3 aromatic rings. The second-order valence-corrected chi connectivity index (χ2v) is 9.66. The maximum Gasteiger partial charge on any atom is 0.424 e. The van der Waals surface area contributed by atoms with E-state index < -0.39 is 23.4 Å². The van der Waals surface area contributed by atoms with Gasteiger partial charge in [-0.1, -0.05) is 6.07 Å². The highest BCUT2D eigenvalue weighted by Crippen LogP contribution is 2.33. The number of esters is 1. The molecule has 8 nitrogen and oxygen atoms in total. The van der Waals surface area contributed by atoms with Crippen molar-refractivity contribution in [1.29, 1.82) is 0 Å². The summed E-state index contributed by atoms with van der Waals surface area (Å²) in [6.07, 6.45) is -1.57. The molecule has 0 unspecified atom stereocenters. The molecule has 0 spiro atoms. The van der Waals surface area contributed by atoms with Gasteiger partial charge in [-0.05, 0) is 71.4 Å². The van der Waals surface area contributed by atoms with E-state index in [0.29, 0.717) is 11.2 Å². The fourth-order valence-electron chi connectivity index (χ4n) is 3.20. The Hall–Kier alpha value is -3.55. The summed E-state index contributed by atoms with van der Waals surface area (Å²) in [5, 5.41) is 1.58. The molecule has 0 aliphatic carbocycles. The van der Waals surface area contributed by atoms with E-state index in [1.54, 1.807) is 71.9 Å².